The van der Waals surface area contributed by atoms with Crippen molar-refractivity contribution in [1.82, 2.24) is 4.90 Å². The fourth-order valence-corrected chi connectivity index (χ4v) is 4.49. The molecule has 5 nitrogen and oxygen atoms in total. The van der Waals surface area contributed by atoms with Gasteiger partial charge >= 0.3 is 0 Å². The Morgan fingerprint density at radius 1 is 1.50 bits per heavy atom. The summed E-state index contributed by atoms with van der Waals surface area (Å²) < 4.78 is 23.1. The predicted octanol–water partition coefficient (Wildman–Crippen LogP) is 1.57. The molecule has 20 heavy (non-hydrogen) atoms. The number of hydrogen-bond acceptors (Lipinski definition) is 4. The largest absolute Gasteiger partial charge is 0.398 e. The minimum Gasteiger partial charge on any atom is -0.398 e. The molecule has 1 heterocycles. The maximum atomic E-state index is 12.6. The molecule has 1 unspecified atom stereocenters. The molecule has 0 radical (unpaired) electrons. The van der Waals surface area contributed by atoms with Crippen LogP contribution in [0.1, 0.15) is 23.7 Å². The molecule has 1 amide bonds. The number of benzene rings is 1. The van der Waals surface area contributed by atoms with E-state index in [2.05, 4.69) is 0 Å². The Morgan fingerprint density at radius 3 is 2.70 bits per heavy atom. The number of nitrogen functional groups attached to an aromatic ring is 1. The molecular formula is C13H17ClN2O3S. The molecule has 1 aromatic rings. The monoisotopic (exact) mass is 316 g/mol. The molecule has 0 aliphatic carbocycles. The average molecular weight is 317 g/mol. The maximum absolute atomic E-state index is 12.6. The van der Waals surface area contributed by atoms with E-state index < -0.39 is 9.84 Å². The summed E-state index contributed by atoms with van der Waals surface area (Å²) in [7, 11) is -3.04. The third-order valence-corrected chi connectivity index (χ3v) is 5.58. The Kier molecular flexibility index (Phi) is 4.25. The lowest BCUT2D eigenvalue weighted by atomic mass is 10.1. The van der Waals surface area contributed by atoms with Crippen LogP contribution in [0.25, 0.3) is 0 Å². The lowest BCUT2D eigenvalue weighted by molar-refractivity contribution is 0.0709. The Labute approximate surface area is 123 Å². The van der Waals surface area contributed by atoms with Gasteiger partial charge in [0.25, 0.3) is 5.91 Å². The number of rotatable bonds is 3. The zero-order valence-corrected chi connectivity index (χ0v) is 12.7. The molecule has 110 valence electrons. The average Bonchev–Trinajstić information content (AvgIpc) is 2.70. The Hall–Kier alpha value is -1.27. The number of carbonyl (C=O) groups is 1. The predicted molar refractivity (Wildman–Crippen MR) is 79.6 cm³/mol. The van der Waals surface area contributed by atoms with E-state index >= 15 is 0 Å². The molecule has 0 spiro atoms. The number of nitrogens with two attached hydrogens (primary N) is 1. The molecule has 1 aromatic carbocycles. The first-order valence-corrected chi connectivity index (χ1v) is 8.61. The first-order valence-electron chi connectivity index (χ1n) is 6.41. The molecule has 2 N–H and O–H groups in total. The van der Waals surface area contributed by atoms with Gasteiger partial charge < -0.3 is 10.6 Å². The Morgan fingerprint density at radius 2 is 2.20 bits per heavy atom. The highest BCUT2D eigenvalue weighted by Gasteiger charge is 2.35. The lowest BCUT2D eigenvalue weighted by Crippen LogP contribution is -2.41. The van der Waals surface area contributed by atoms with Gasteiger partial charge in [-0.25, -0.2) is 8.42 Å². The van der Waals surface area contributed by atoms with Crippen molar-refractivity contribution in [3.05, 3.63) is 28.8 Å². The van der Waals surface area contributed by atoms with E-state index in [1.165, 1.54) is 0 Å². The van der Waals surface area contributed by atoms with Crippen molar-refractivity contribution >= 4 is 33.0 Å². The summed E-state index contributed by atoms with van der Waals surface area (Å²) in [6.07, 6.45) is 0.465. The van der Waals surface area contributed by atoms with Crippen LogP contribution >= 0.6 is 11.6 Å². The molecule has 1 aliphatic rings. The Balaban J connectivity index is 2.31. The fraction of sp³-hybridized carbons (Fsp3) is 0.462. The van der Waals surface area contributed by atoms with E-state index in [0.29, 0.717) is 18.7 Å². The van der Waals surface area contributed by atoms with Crippen LogP contribution < -0.4 is 5.73 Å². The van der Waals surface area contributed by atoms with Gasteiger partial charge in [-0.2, -0.15) is 0 Å². The van der Waals surface area contributed by atoms with E-state index in [1.54, 1.807) is 23.1 Å². The van der Waals surface area contributed by atoms with E-state index in [1.807, 2.05) is 6.92 Å². The zero-order valence-electron chi connectivity index (χ0n) is 11.2. The van der Waals surface area contributed by atoms with Crippen molar-refractivity contribution in [2.24, 2.45) is 0 Å². The SMILES string of the molecule is CCN(C(=O)c1c(N)cccc1Cl)C1CCS(=O)(=O)C1. The van der Waals surface area contributed by atoms with Crippen molar-refractivity contribution in [1.29, 1.82) is 0 Å². The molecule has 0 saturated carbocycles. The minimum atomic E-state index is -3.04. The number of halogens is 1. The minimum absolute atomic E-state index is 0.0109. The highest BCUT2D eigenvalue weighted by Crippen LogP contribution is 2.26. The van der Waals surface area contributed by atoms with Crippen molar-refractivity contribution in [2.45, 2.75) is 19.4 Å². The van der Waals surface area contributed by atoms with Crippen LogP contribution in [0.2, 0.25) is 5.02 Å². The second kappa shape index (κ2) is 5.61. The third-order valence-electron chi connectivity index (χ3n) is 3.51. The third kappa shape index (κ3) is 2.91. The highest BCUT2D eigenvalue weighted by atomic mass is 35.5. The van der Waals surface area contributed by atoms with Gasteiger partial charge in [0.15, 0.2) is 9.84 Å². The van der Waals surface area contributed by atoms with Gasteiger partial charge in [0, 0.05) is 18.3 Å². The number of sulfone groups is 1. The van der Waals surface area contributed by atoms with Crippen LogP contribution in [0.5, 0.6) is 0 Å². The van der Waals surface area contributed by atoms with Gasteiger partial charge in [-0.05, 0) is 25.5 Å². The zero-order chi connectivity index (χ0) is 14.9. The fourth-order valence-electron chi connectivity index (χ4n) is 2.50. The summed E-state index contributed by atoms with van der Waals surface area (Å²) >= 11 is 6.04. The molecule has 1 aliphatic heterocycles. The smallest absolute Gasteiger partial charge is 0.257 e. The van der Waals surface area contributed by atoms with Gasteiger partial charge in [0.2, 0.25) is 0 Å². The van der Waals surface area contributed by atoms with Crippen molar-refractivity contribution < 1.29 is 13.2 Å². The number of anilines is 1. The lowest BCUT2D eigenvalue weighted by Gasteiger charge is -2.27. The summed E-state index contributed by atoms with van der Waals surface area (Å²) in [5.74, 6) is -0.172. The first-order chi connectivity index (χ1) is 9.35. The van der Waals surface area contributed by atoms with Crippen molar-refractivity contribution in [3.8, 4) is 0 Å². The second-order valence-electron chi connectivity index (χ2n) is 4.85. The molecule has 1 fully saturated rings. The van der Waals surface area contributed by atoms with E-state index in [0.717, 1.165) is 0 Å². The summed E-state index contributed by atoms with van der Waals surface area (Å²) in [6, 6.07) is 4.58. The van der Waals surface area contributed by atoms with Crippen LogP contribution in [0.4, 0.5) is 5.69 Å². The van der Waals surface area contributed by atoms with Crippen LogP contribution in [0.3, 0.4) is 0 Å². The first kappa shape index (κ1) is 15.1. The van der Waals surface area contributed by atoms with Crippen molar-refractivity contribution in [2.75, 3.05) is 23.8 Å². The molecular weight excluding hydrogens is 300 g/mol. The van der Waals surface area contributed by atoms with Gasteiger partial charge in [-0.1, -0.05) is 17.7 Å². The van der Waals surface area contributed by atoms with E-state index in [4.69, 9.17) is 17.3 Å². The summed E-state index contributed by atoms with van der Waals surface area (Å²) in [5, 5.41) is 0.286. The maximum Gasteiger partial charge on any atom is 0.257 e. The summed E-state index contributed by atoms with van der Waals surface area (Å²) in [4.78, 5) is 14.1. The van der Waals surface area contributed by atoms with Gasteiger partial charge in [0.05, 0.1) is 22.1 Å². The van der Waals surface area contributed by atoms with E-state index in [-0.39, 0.29) is 34.0 Å². The molecule has 2 rings (SSSR count). The van der Waals surface area contributed by atoms with Crippen LogP contribution in [-0.2, 0) is 9.84 Å². The standard InChI is InChI=1S/C13H17ClN2O3S/c1-2-16(9-6-7-20(18,19)8-9)13(17)12-10(14)4-3-5-11(12)15/h3-5,9H,2,6-8,15H2,1H3. The van der Waals surface area contributed by atoms with Crippen molar-refractivity contribution in [3.63, 3.8) is 0 Å². The molecule has 0 bridgehead atoms. The molecule has 0 aromatic heterocycles. The van der Waals surface area contributed by atoms with Crippen LogP contribution in [0.15, 0.2) is 18.2 Å². The molecule has 1 saturated heterocycles. The summed E-state index contributed by atoms with van der Waals surface area (Å²) in [5.41, 5.74) is 6.37. The number of nitrogens with zero attached hydrogens (tertiary/aromatic N) is 1. The van der Waals surface area contributed by atoms with E-state index in [9.17, 15) is 13.2 Å². The van der Waals surface area contributed by atoms with Gasteiger partial charge in [-0.15, -0.1) is 0 Å². The number of amides is 1. The van der Waals surface area contributed by atoms with Crippen LogP contribution in [-0.4, -0.2) is 43.3 Å². The summed E-state index contributed by atoms with van der Waals surface area (Å²) in [6.45, 7) is 2.24. The highest BCUT2D eigenvalue weighted by molar-refractivity contribution is 7.91. The number of hydrogen-bond donors (Lipinski definition) is 1. The van der Waals surface area contributed by atoms with Crippen LogP contribution in [0, 0.1) is 0 Å². The number of carbonyl (C=O) groups excluding carboxylic acids is 1. The molecule has 7 heteroatoms. The van der Waals surface area contributed by atoms with Gasteiger partial charge in [-0.3, -0.25) is 4.79 Å². The topological polar surface area (TPSA) is 80.5 Å². The quantitative estimate of drug-likeness (QED) is 0.858. The molecule has 1 atom stereocenters. The van der Waals surface area contributed by atoms with Gasteiger partial charge in [0.1, 0.15) is 0 Å². The Bertz CT molecular complexity index is 610. The second-order valence-corrected chi connectivity index (χ2v) is 7.49. The normalized spacial score (nSPS) is 20.8.